The molecular weight excluding hydrogens is 370 g/mol. The number of hydrogen-bond donors (Lipinski definition) is 2. The molecule has 2 heterocycles. The minimum absolute atomic E-state index is 0.145. The molecule has 25 heavy (non-hydrogen) atoms. The molecule has 0 saturated carbocycles. The number of amides is 1. The zero-order chi connectivity index (χ0) is 17.8. The maximum atomic E-state index is 13.0. The Labute approximate surface area is 152 Å². The molecule has 0 saturated heterocycles. The van der Waals surface area contributed by atoms with Crippen LogP contribution >= 0.6 is 23.2 Å². The highest BCUT2D eigenvalue weighted by Gasteiger charge is 2.08. The van der Waals surface area contributed by atoms with E-state index >= 15 is 0 Å². The first-order valence-electron chi connectivity index (χ1n) is 7.37. The zero-order valence-corrected chi connectivity index (χ0v) is 14.4. The second-order valence-corrected chi connectivity index (χ2v) is 5.98. The molecule has 0 bridgehead atoms. The first-order chi connectivity index (χ1) is 12.0. The monoisotopic (exact) mass is 382 g/mol. The summed E-state index contributed by atoms with van der Waals surface area (Å²) in [5, 5.41) is 3.59. The number of rotatable bonds is 6. The largest absolute Gasteiger partial charge is 0.491 e. The Bertz CT molecular complexity index is 916. The zero-order valence-electron chi connectivity index (χ0n) is 12.9. The number of fused-ring (bicyclic) bond motifs is 1. The number of nitrogens with one attached hydrogen (secondary N) is 2. The van der Waals surface area contributed by atoms with Gasteiger partial charge in [-0.2, -0.15) is 9.37 Å². The number of aromatic amines is 1. The molecule has 0 aliphatic carbocycles. The molecule has 0 aliphatic rings. The number of carbonyl (C=O) groups is 1. The number of carbonyl (C=O) groups excluding carboxylic acids is 1. The first kappa shape index (κ1) is 17.4. The molecule has 9 heteroatoms. The van der Waals surface area contributed by atoms with Crippen molar-refractivity contribution < 1.29 is 13.9 Å². The fraction of sp³-hybridized carbons (Fsp3) is 0.188. The van der Waals surface area contributed by atoms with Crippen LogP contribution in [0, 0.1) is 5.95 Å². The molecule has 6 nitrogen and oxygen atoms in total. The van der Waals surface area contributed by atoms with Gasteiger partial charge in [0.1, 0.15) is 17.1 Å². The molecule has 2 aromatic heterocycles. The van der Waals surface area contributed by atoms with Crippen molar-refractivity contribution in [2.75, 3.05) is 6.61 Å². The van der Waals surface area contributed by atoms with E-state index in [2.05, 4.69) is 20.3 Å². The van der Waals surface area contributed by atoms with E-state index in [1.165, 1.54) is 12.1 Å². The molecule has 3 aromatic rings. The van der Waals surface area contributed by atoms with Crippen LogP contribution in [0.25, 0.3) is 11.2 Å². The summed E-state index contributed by atoms with van der Waals surface area (Å²) in [6.07, 6.45) is 0.145. The van der Waals surface area contributed by atoms with Gasteiger partial charge in [0.05, 0.1) is 24.6 Å². The van der Waals surface area contributed by atoms with Crippen molar-refractivity contribution in [2.24, 2.45) is 0 Å². The lowest BCUT2D eigenvalue weighted by Crippen LogP contribution is -2.25. The normalized spacial score (nSPS) is 10.8. The summed E-state index contributed by atoms with van der Waals surface area (Å²) < 4.78 is 18.5. The lowest BCUT2D eigenvalue weighted by atomic mass is 10.3. The van der Waals surface area contributed by atoms with Gasteiger partial charge in [0.2, 0.25) is 11.9 Å². The third kappa shape index (κ3) is 4.58. The maximum absolute atomic E-state index is 13.0. The van der Waals surface area contributed by atoms with Crippen molar-refractivity contribution in [3.8, 4) is 5.75 Å². The van der Waals surface area contributed by atoms with Crippen molar-refractivity contribution in [1.29, 1.82) is 0 Å². The van der Waals surface area contributed by atoms with Gasteiger partial charge in [0, 0.05) is 5.02 Å². The number of pyridine rings is 1. The Hall–Kier alpha value is -2.38. The van der Waals surface area contributed by atoms with E-state index in [-0.39, 0.29) is 25.5 Å². The Morgan fingerprint density at radius 3 is 2.88 bits per heavy atom. The molecule has 0 spiro atoms. The lowest BCUT2D eigenvalue weighted by Gasteiger charge is -2.08. The van der Waals surface area contributed by atoms with E-state index in [0.29, 0.717) is 32.8 Å². The Morgan fingerprint density at radius 2 is 2.08 bits per heavy atom. The molecule has 1 amide bonds. The third-order valence-electron chi connectivity index (χ3n) is 3.29. The van der Waals surface area contributed by atoms with E-state index in [0.717, 1.165) is 0 Å². The summed E-state index contributed by atoms with van der Waals surface area (Å²) >= 11 is 11.8. The van der Waals surface area contributed by atoms with Crippen LogP contribution in [-0.2, 0) is 11.3 Å². The van der Waals surface area contributed by atoms with Crippen LogP contribution in [-0.4, -0.2) is 27.5 Å². The number of nitrogens with zero attached hydrogens (tertiary/aromatic N) is 2. The first-order valence-corrected chi connectivity index (χ1v) is 8.12. The van der Waals surface area contributed by atoms with Gasteiger partial charge in [-0.3, -0.25) is 4.79 Å². The molecular formula is C16H13Cl2FN4O2. The quantitative estimate of drug-likeness (QED) is 0.639. The van der Waals surface area contributed by atoms with E-state index in [1.807, 2.05) is 0 Å². The molecule has 0 aliphatic heterocycles. The second-order valence-electron chi connectivity index (χ2n) is 5.14. The average Bonchev–Trinajstić information content (AvgIpc) is 2.97. The summed E-state index contributed by atoms with van der Waals surface area (Å²) in [5.41, 5.74) is 0.872. The van der Waals surface area contributed by atoms with Crippen LogP contribution in [0.15, 0.2) is 30.3 Å². The fourth-order valence-electron chi connectivity index (χ4n) is 2.12. The number of imidazole rings is 1. The van der Waals surface area contributed by atoms with Gasteiger partial charge in [0.15, 0.2) is 5.65 Å². The number of ether oxygens (including phenoxy) is 1. The SMILES string of the molecule is O=C(CCOc1ccc(Cl)cc1Cl)NCc1nc2ccc(F)nc2[nH]1. The topological polar surface area (TPSA) is 79.9 Å². The van der Waals surface area contributed by atoms with Gasteiger partial charge in [-0.15, -0.1) is 0 Å². The van der Waals surface area contributed by atoms with Crippen LogP contribution in [0.3, 0.4) is 0 Å². The van der Waals surface area contributed by atoms with Gasteiger partial charge in [-0.25, -0.2) is 4.98 Å². The van der Waals surface area contributed by atoms with Crippen molar-refractivity contribution in [1.82, 2.24) is 20.3 Å². The molecule has 0 fully saturated rings. The number of halogens is 3. The highest BCUT2D eigenvalue weighted by atomic mass is 35.5. The van der Waals surface area contributed by atoms with E-state index in [4.69, 9.17) is 27.9 Å². The minimum Gasteiger partial charge on any atom is -0.491 e. The van der Waals surface area contributed by atoms with Crippen LogP contribution in [0.5, 0.6) is 5.75 Å². The van der Waals surface area contributed by atoms with Gasteiger partial charge in [-0.1, -0.05) is 23.2 Å². The van der Waals surface area contributed by atoms with Crippen LogP contribution < -0.4 is 10.1 Å². The molecule has 130 valence electrons. The number of aromatic nitrogens is 3. The molecule has 1 aromatic carbocycles. The van der Waals surface area contributed by atoms with Gasteiger partial charge >= 0.3 is 0 Å². The number of H-pyrrole nitrogens is 1. The Balaban J connectivity index is 1.47. The standard InChI is InChI=1S/C16H13Cl2FN4O2/c17-9-1-3-12(10(18)7-9)25-6-5-15(24)20-8-14-21-11-2-4-13(19)22-16(11)23-14/h1-4,7H,5-6,8H2,(H,20,24)(H,21,22,23). The van der Waals surface area contributed by atoms with Crippen LogP contribution in [0.2, 0.25) is 10.0 Å². The van der Waals surface area contributed by atoms with E-state index in [9.17, 15) is 9.18 Å². The summed E-state index contributed by atoms with van der Waals surface area (Å²) in [5.74, 6) is 0.141. The van der Waals surface area contributed by atoms with Gasteiger partial charge in [0.25, 0.3) is 0 Å². The molecule has 0 unspecified atom stereocenters. The van der Waals surface area contributed by atoms with Crippen molar-refractivity contribution in [3.05, 3.63) is 52.1 Å². The predicted octanol–water partition coefficient (Wildman–Crippen LogP) is 3.49. The van der Waals surface area contributed by atoms with Crippen molar-refractivity contribution in [3.63, 3.8) is 0 Å². The average molecular weight is 383 g/mol. The number of benzene rings is 1. The highest BCUT2D eigenvalue weighted by Crippen LogP contribution is 2.27. The van der Waals surface area contributed by atoms with E-state index < -0.39 is 5.95 Å². The van der Waals surface area contributed by atoms with Gasteiger partial charge < -0.3 is 15.0 Å². The third-order valence-corrected chi connectivity index (χ3v) is 3.82. The van der Waals surface area contributed by atoms with Crippen molar-refractivity contribution >= 4 is 40.3 Å². The van der Waals surface area contributed by atoms with Crippen molar-refractivity contribution in [2.45, 2.75) is 13.0 Å². The van der Waals surface area contributed by atoms with Gasteiger partial charge in [-0.05, 0) is 30.3 Å². The van der Waals surface area contributed by atoms with Crippen LogP contribution in [0.1, 0.15) is 12.2 Å². The second kappa shape index (κ2) is 7.67. The lowest BCUT2D eigenvalue weighted by molar-refractivity contribution is -0.121. The predicted molar refractivity (Wildman–Crippen MR) is 92.3 cm³/mol. The smallest absolute Gasteiger partial charge is 0.223 e. The number of hydrogen-bond acceptors (Lipinski definition) is 4. The summed E-state index contributed by atoms with van der Waals surface area (Å²) in [7, 11) is 0. The Kier molecular flexibility index (Phi) is 5.35. The molecule has 2 N–H and O–H groups in total. The molecule has 0 radical (unpaired) electrons. The minimum atomic E-state index is -0.593. The summed E-state index contributed by atoms with van der Waals surface area (Å²) in [6.45, 7) is 0.346. The maximum Gasteiger partial charge on any atom is 0.223 e. The van der Waals surface area contributed by atoms with E-state index in [1.54, 1.807) is 18.2 Å². The fourth-order valence-corrected chi connectivity index (χ4v) is 2.58. The molecule has 3 rings (SSSR count). The molecule has 0 atom stereocenters. The van der Waals surface area contributed by atoms with Crippen LogP contribution in [0.4, 0.5) is 4.39 Å². The summed E-state index contributed by atoms with van der Waals surface area (Å²) in [4.78, 5) is 22.6. The summed E-state index contributed by atoms with van der Waals surface area (Å²) in [6, 6.07) is 7.61. The Morgan fingerprint density at radius 1 is 1.24 bits per heavy atom. The highest BCUT2D eigenvalue weighted by molar-refractivity contribution is 6.35.